The number of rotatable bonds is 4. The van der Waals surface area contributed by atoms with Gasteiger partial charge in [0.25, 0.3) is 0 Å². The van der Waals surface area contributed by atoms with Crippen molar-refractivity contribution in [1.29, 1.82) is 0 Å². The molecule has 1 amide bonds. The van der Waals surface area contributed by atoms with E-state index in [1.807, 2.05) is 18.1 Å². The van der Waals surface area contributed by atoms with Gasteiger partial charge in [-0.25, -0.2) is 19.6 Å². The average molecular weight is 431 g/mol. The SMILES string of the molecule is COC1(CC(=O)N2CCc3ncnc(-c4cnn(C)c4)c3C2)CCC1.O=C(O)C(=O)O. The fourth-order valence-electron chi connectivity index (χ4n) is 3.76. The third kappa shape index (κ3) is 5.05. The minimum absolute atomic E-state index is 0.160. The van der Waals surface area contributed by atoms with E-state index >= 15 is 0 Å². The zero-order valence-corrected chi connectivity index (χ0v) is 17.4. The predicted octanol–water partition coefficient (Wildman–Crippen LogP) is 0.877. The lowest BCUT2D eigenvalue weighted by molar-refractivity contribution is -0.159. The highest BCUT2D eigenvalue weighted by Crippen LogP contribution is 2.39. The maximum absolute atomic E-state index is 12.8. The molecule has 2 aliphatic rings. The van der Waals surface area contributed by atoms with Gasteiger partial charge in [-0.3, -0.25) is 9.48 Å². The third-order valence-electron chi connectivity index (χ3n) is 5.69. The van der Waals surface area contributed by atoms with E-state index < -0.39 is 11.9 Å². The number of carbonyl (C=O) groups excluding carboxylic acids is 1. The van der Waals surface area contributed by atoms with Gasteiger partial charge >= 0.3 is 11.9 Å². The molecule has 1 aliphatic heterocycles. The number of aliphatic carboxylic acids is 2. The van der Waals surface area contributed by atoms with Gasteiger partial charge in [0, 0.05) is 51.0 Å². The molecular formula is C20H25N5O6. The van der Waals surface area contributed by atoms with Gasteiger partial charge in [-0.05, 0) is 19.3 Å². The fraction of sp³-hybridized carbons (Fsp3) is 0.500. The molecule has 2 aromatic heterocycles. The second-order valence-electron chi connectivity index (χ2n) is 7.64. The molecule has 11 nitrogen and oxygen atoms in total. The number of carboxylic acids is 2. The van der Waals surface area contributed by atoms with E-state index in [0.717, 1.165) is 48.2 Å². The first-order valence-electron chi connectivity index (χ1n) is 9.85. The van der Waals surface area contributed by atoms with Crippen LogP contribution in [-0.4, -0.2) is 72.0 Å². The number of fused-ring (bicyclic) bond motifs is 1. The van der Waals surface area contributed by atoms with Crippen LogP contribution in [0.4, 0.5) is 0 Å². The molecule has 11 heteroatoms. The summed E-state index contributed by atoms with van der Waals surface area (Å²) in [4.78, 5) is 41.8. The first-order valence-corrected chi connectivity index (χ1v) is 9.85. The molecule has 0 bridgehead atoms. The van der Waals surface area contributed by atoms with Gasteiger partial charge in [-0.15, -0.1) is 0 Å². The van der Waals surface area contributed by atoms with E-state index in [4.69, 9.17) is 24.5 Å². The van der Waals surface area contributed by atoms with Crippen molar-refractivity contribution in [3.63, 3.8) is 0 Å². The summed E-state index contributed by atoms with van der Waals surface area (Å²) in [6.45, 7) is 1.26. The Labute approximate surface area is 178 Å². The van der Waals surface area contributed by atoms with Gasteiger partial charge in [-0.2, -0.15) is 5.10 Å². The Morgan fingerprint density at radius 3 is 2.42 bits per heavy atom. The van der Waals surface area contributed by atoms with E-state index in [2.05, 4.69) is 15.1 Å². The molecule has 0 spiro atoms. The molecule has 2 aromatic rings. The lowest BCUT2D eigenvalue weighted by atomic mass is 9.77. The number of carbonyl (C=O) groups is 3. The second-order valence-corrected chi connectivity index (χ2v) is 7.64. The Kier molecular flexibility index (Phi) is 6.64. The van der Waals surface area contributed by atoms with Crippen LogP contribution >= 0.6 is 0 Å². The number of amides is 1. The van der Waals surface area contributed by atoms with Gasteiger partial charge in [0.05, 0.1) is 29.6 Å². The first kappa shape index (κ1) is 22.3. The minimum atomic E-state index is -1.82. The molecule has 2 N–H and O–H groups in total. The number of hydrogen-bond acceptors (Lipinski definition) is 7. The van der Waals surface area contributed by atoms with Crippen molar-refractivity contribution in [3.05, 3.63) is 30.0 Å². The Hall–Kier alpha value is -3.34. The molecule has 3 heterocycles. The molecule has 1 fully saturated rings. The summed E-state index contributed by atoms with van der Waals surface area (Å²) in [6.07, 6.45) is 9.67. The standard InChI is InChI=1S/C18H23N5O2.C2H2O4/c1-22-10-13(9-21-22)17-14-11-23(7-4-15(14)19-12-20-17)16(24)8-18(25-2)5-3-6-18;3-1(4)2(5)6/h9-10,12H,3-8,11H2,1-2H3;(H,3,4)(H,5,6). The summed E-state index contributed by atoms with van der Waals surface area (Å²) < 4.78 is 7.38. The largest absolute Gasteiger partial charge is 0.473 e. The number of nitrogens with zero attached hydrogens (tertiary/aromatic N) is 5. The Morgan fingerprint density at radius 1 is 1.19 bits per heavy atom. The summed E-state index contributed by atoms with van der Waals surface area (Å²) in [7, 11) is 3.60. The van der Waals surface area contributed by atoms with Crippen molar-refractivity contribution in [3.8, 4) is 11.3 Å². The van der Waals surface area contributed by atoms with Crippen LogP contribution in [0.2, 0.25) is 0 Å². The zero-order chi connectivity index (χ0) is 22.6. The van der Waals surface area contributed by atoms with Crippen LogP contribution in [0.15, 0.2) is 18.7 Å². The summed E-state index contributed by atoms with van der Waals surface area (Å²) in [5, 5.41) is 19.0. The van der Waals surface area contributed by atoms with Gasteiger partial charge in [0.1, 0.15) is 6.33 Å². The van der Waals surface area contributed by atoms with Gasteiger partial charge in [-0.1, -0.05) is 0 Å². The molecule has 166 valence electrons. The first-order chi connectivity index (χ1) is 14.7. The summed E-state index contributed by atoms with van der Waals surface area (Å²) in [6, 6.07) is 0. The Morgan fingerprint density at radius 2 is 1.90 bits per heavy atom. The monoisotopic (exact) mass is 431 g/mol. The third-order valence-corrected chi connectivity index (χ3v) is 5.69. The van der Waals surface area contributed by atoms with E-state index in [0.29, 0.717) is 19.5 Å². The molecule has 0 saturated heterocycles. The maximum atomic E-state index is 12.8. The molecular weight excluding hydrogens is 406 g/mol. The van der Waals surface area contributed by atoms with Gasteiger partial charge in [0.2, 0.25) is 5.91 Å². The van der Waals surface area contributed by atoms with Gasteiger partial charge in [0.15, 0.2) is 0 Å². The quantitative estimate of drug-likeness (QED) is 0.673. The number of methoxy groups -OCH3 is 1. The smallest absolute Gasteiger partial charge is 0.414 e. The van der Waals surface area contributed by atoms with Crippen LogP contribution in [-0.2, 0) is 39.1 Å². The van der Waals surface area contributed by atoms with Crippen LogP contribution in [0, 0.1) is 0 Å². The van der Waals surface area contributed by atoms with Crippen molar-refractivity contribution in [2.24, 2.45) is 7.05 Å². The van der Waals surface area contributed by atoms with Crippen molar-refractivity contribution >= 4 is 17.8 Å². The van der Waals surface area contributed by atoms with Crippen LogP contribution in [0.1, 0.15) is 36.9 Å². The highest BCUT2D eigenvalue weighted by molar-refractivity contribution is 6.27. The van der Waals surface area contributed by atoms with E-state index in [1.54, 1.807) is 24.3 Å². The predicted molar refractivity (Wildman–Crippen MR) is 107 cm³/mol. The van der Waals surface area contributed by atoms with Crippen LogP contribution in [0.5, 0.6) is 0 Å². The van der Waals surface area contributed by atoms with E-state index in [9.17, 15) is 4.79 Å². The molecule has 0 unspecified atom stereocenters. The lowest BCUT2D eigenvalue weighted by Gasteiger charge is -2.41. The Balaban J connectivity index is 0.000000401. The van der Waals surface area contributed by atoms with E-state index in [1.165, 1.54) is 0 Å². The topological polar surface area (TPSA) is 148 Å². The molecule has 0 radical (unpaired) electrons. The van der Waals surface area contributed by atoms with Crippen LogP contribution in [0.25, 0.3) is 11.3 Å². The van der Waals surface area contributed by atoms with Crippen molar-refractivity contribution in [2.45, 2.75) is 44.2 Å². The number of aryl methyl sites for hydroxylation is 1. The fourth-order valence-corrected chi connectivity index (χ4v) is 3.76. The Bertz CT molecular complexity index is 967. The minimum Gasteiger partial charge on any atom is -0.473 e. The molecule has 0 atom stereocenters. The van der Waals surface area contributed by atoms with Gasteiger partial charge < -0.3 is 19.8 Å². The molecule has 1 saturated carbocycles. The number of ether oxygens (including phenoxy) is 1. The molecule has 4 rings (SSSR count). The highest BCUT2D eigenvalue weighted by atomic mass is 16.5. The summed E-state index contributed by atoms with van der Waals surface area (Å²) >= 11 is 0. The molecule has 0 aromatic carbocycles. The van der Waals surface area contributed by atoms with Crippen molar-refractivity contribution in [1.82, 2.24) is 24.6 Å². The summed E-state index contributed by atoms with van der Waals surface area (Å²) in [5.41, 5.74) is 3.66. The number of carboxylic acid groups (broad SMARTS) is 2. The molecule has 31 heavy (non-hydrogen) atoms. The average Bonchev–Trinajstić information content (AvgIpc) is 3.16. The highest BCUT2D eigenvalue weighted by Gasteiger charge is 2.40. The second kappa shape index (κ2) is 9.21. The molecule has 1 aliphatic carbocycles. The van der Waals surface area contributed by atoms with Crippen molar-refractivity contribution < 1.29 is 29.3 Å². The number of hydrogen-bond donors (Lipinski definition) is 2. The number of aromatic nitrogens is 4. The van der Waals surface area contributed by atoms with Crippen LogP contribution in [0.3, 0.4) is 0 Å². The zero-order valence-electron chi connectivity index (χ0n) is 17.4. The normalized spacial score (nSPS) is 16.4. The maximum Gasteiger partial charge on any atom is 0.414 e. The van der Waals surface area contributed by atoms with E-state index in [-0.39, 0.29) is 11.5 Å². The summed E-state index contributed by atoms with van der Waals surface area (Å²) in [5.74, 6) is -3.49. The van der Waals surface area contributed by atoms with Crippen LogP contribution < -0.4 is 0 Å². The lowest BCUT2D eigenvalue weighted by Crippen LogP contribution is -2.46. The van der Waals surface area contributed by atoms with Crippen molar-refractivity contribution in [2.75, 3.05) is 13.7 Å².